The largest absolute Gasteiger partial charge is 0.481 e. The second-order valence-electron chi connectivity index (χ2n) is 3.96. The number of hydrogen-bond donors (Lipinski definition) is 0. The van der Waals surface area contributed by atoms with Crippen molar-refractivity contribution < 1.29 is 57.4 Å². The molecule has 1 aromatic carbocycles. The number of rotatable bonds is 4. The fourth-order valence-corrected chi connectivity index (χ4v) is 1.17. The smallest absolute Gasteiger partial charge is 0.460 e. The van der Waals surface area contributed by atoms with Gasteiger partial charge in [-0.05, 0) is 0 Å². The van der Waals surface area contributed by atoms with E-state index >= 15 is 0 Å². The standard InChI is InChI=1S/C10H2F12O/c11-2-3(12)5(14)7(6(15)4(2)13)23-1-8(16,17)9(18,19)10(20,21)22/h1H2. The molecule has 0 N–H and O–H groups in total. The van der Waals surface area contributed by atoms with Gasteiger partial charge in [0, 0.05) is 0 Å². The Kier molecular flexibility index (Phi) is 4.74. The van der Waals surface area contributed by atoms with Crippen molar-refractivity contribution in [2.24, 2.45) is 0 Å². The average molecular weight is 366 g/mol. The van der Waals surface area contributed by atoms with Crippen molar-refractivity contribution in [1.82, 2.24) is 0 Å². The highest BCUT2D eigenvalue weighted by Crippen LogP contribution is 2.46. The third-order valence-corrected chi connectivity index (χ3v) is 2.38. The molecule has 1 rings (SSSR count). The zero-order valence-corrected chi connectivity index (χ0v) is 10.2. The van der Waals surface area contributed by atoms with Crippen molar-refractivity contribution in [3.05, 3.63) is 29.1 Å². The quantitative estimate of drug-likeness (QED) is 0.430. The van der Waals surface area contributed by atoms with Crippen LogP contribution >= 0.6 is 0 Å². The van der Waals surface area contributed by atoms with Gasteiger partial charge >= 0.3 is 18.0 Å². The Balaban J connectivity index is 3.17. The summed E-state index contributed by atoms with van der Waals surface area (Å²) in [5, 5.41) is 0. The average Bonchev–Trinajstić information content (AvgIpc) is 2.41. The van der Waals surface area contributed by atoms with Crippen molar-refractivity contribution in [1.29, 1.82) is 0 Å². The Labute approximate surface area is 118 Å². The van der Waals surface area contributed by atoms with Gasteiger partial charge in [-0.3, -0.25) is 0 Å². The topological polar surface area (TPSA) is 9.23 Å². The molecule has 0 bridgehead atoms. The molecule has 1 nitrogen and oxygen atoms in total. The molecule has 1 aromatic rings. The normalized spacial score (nSPS) is 13.4. The molecule has 132 valence electrons. The van der Waals surface area contributed by atoms with E-state index in [1.165, 1.54) is 0 Å². The van der Waals surface area contributed by atoms with Crippen LogP contribution in [-0.2, 0) is 0 Å². The number of alkyl halides is 7. The van der Waals surface area contributed by atoms with Gasteiger partial charge < -0.3 is 4.74 Å². The Morgan fingerprint density at radius 3 is 1.30 bits per heavy atom. The highest BCUT2D eigenvalue weighted by molar-refractivity contribution is 5.29. The molecule has 0 unspecified atom stereocenters. The summed E-state index contributed by atoms with van der Waals surface area (Å²) in [6.45, 7) is -3.00. The van der Waals surface area contributed by atoms with Crippen molar-refractivity contribution in [3.8, 4) is 5.75 Å². The van der Waals surface area contributed by atoms with Gasteiger partial charge in [-0.2, -0.15) is 39.5 Å². The molecule has 0 fully saturated rings. The van der Waals surface area contributed by atoms with Gasteiger partial charge in [-0.15, -0.1) is 0 Å². The summed E-state index contributed by atoms with van der Waals surface area (Å²) in [5.74, 6) is -28.8. The fraction of sp³-hybridized carbons (Fsp3) is 0.400. The van der Waals surface area contributed by atoms with Gasteiger partial charge in [-0.25, -0.2) is 13.2 Å². The van der Waals surface area contributed by atoms with Crippen LogP contribution in [0.5, 0.6) is 5.75 Å². The molecule has 0 aliphatic heterocycles. The summed E-state index contributed by atoms with van der Waals surface area (Å²) in [6, 6.07) is 0. The molecule has 0 saturated carbocycles. The van der Waals surface area contributed by atoms with E-state index in [-0.39, 0.29) is 0 Å². The maximum Gasteiger partial charge on any atom is 0.460 e. The number of benzene rings is 1. The lowest BCUT2D eigenvalue weighted by Gasteiger charge is -2.28. The van der Waals surface area contributed by atoms with Crippen molar-refractivity contribution in [3.63, 3.8) is 0 Å². The molecule has 0 spiro atoms. The van der Waals surface area contributed by atoms with Crippen LogP contribution in [-0.4, -0.2) is 24.6 Å². The van der Waals surface area contributed by atoms with Crippen LogP contribution in [0.2, 0.25) is 0 Å². The van der Waals surface area contributed by atoms with Gasteiger partial charge in [0.05, 0.1) is 0 Å². The second-order valence-corrected chi connectivity index (χ2v) is 3.96. The molecule has 23 heavy (non-hydrogen) atoms. The van der Waals surface area contributed by atoms with E-state index in [9.17, 15) is 52.7 Å². The Hall–Kier alpha value is -1.82. The van der Waals surface area contributed by atoms with Gasteiger partial charge in [0.2, 0.25) is 29.1 Å². The fourth-order valence-electron chi connectivity index (χ4n) is 1.17. The van der Waals surface area contributed by atoms with Crippen molar-refractivity contribution >= 4 is 0 Å². The van der Waals surface area contributed by atoms with Crippen LogP contribution < -0.4 is 4.74 Å². The maximum absolute atomic E-state index is 13.0. The van der Waals surface area contributed by atoms with Crippen molar-refractivity contribution in [2.75, 3.05) is 6.61 Å². The van der Waals surface area contributed by atoms with E-state index in [2.05, 4.69) is 4.74 Å². The summed E-state index contributed by atoms with van der Waals surface area (Å²) < 4.78 is 153. The Bertz CT molecular complexity index is 576. The molecule has 0 amide bonds. The van der Waals surface area contributed by atoms with Crippen LogP contribution in [0, 0.1) is 29.1 Å². The molecule has 0 saturated heterocycles. The molecule has 0 atom stereocenters. The van der Waals surface area contributed by atoms with E-state index < -0.39 is 59.5 Å². The molecule has 0 heterocycles. The van der Waals surface area contributed by atoms with Gasteiger partial charge in [0.25, 0.3) is 0 Å². The van der Waals surface area contributed by atoms with Gasteiger partial charge in [0.1, 0.15) is 0 Å². The predicted octanol–water partition coefficient (Wildman–Crippen LogP) is 4.59. The van der Waals surface area contributed by atoms with E-state index in [1.54, 1.807) is 0 Å². The van der Waals surface area contributed by atoms with Crippen LogP contribution in [0.1, 0.15) is 0 Å². The van der Waals surface area contributed by atoms with Crippen LogP contribution in [0.4, 0.5) is 52.7 Å². The van der Waals surface area contributed by atoms with Gasteiger partial charge in [-0.1, -0.05) is 0 Å². The van der Waals surface area contributed by atoms with Crippen molar-refractivity contribution in [2.45, 2.75) is 18.0 Å². The highest BCUT2D eigenvalue weighted by atomic mass is 19.4. The first-order valence-corrected chi connectivity index (χ1v) is 5.11. The van der Waals surface area contributed by atoms with Crippen LogP contribution in [0.3, 0.4) is 0 Å². The van der Waals surface area contributed by atoms with Gasteiger partial charge in [0.15, 0.2) is 12.4 Å². The maximum atomic E-state index is 13.0. The molecular formula is C10H2F12O. The van der Waals surface area contributed by atoms with E-state index in [0.717, 1.165) is 0 Å². The lowest BCUT2D eigenvalue weighted by Crippen LogP contribution is -2.54. The number of halogens is 12. The summed E-state index contributed by atoms with van der Waals surface area (Å²) in [7, 11) is 0. The first kappa shape index (κ1) is 19.2. The summed E-state index contributed by atoms with van der Waals surface area (Å²) >= 11 is 0. The third kappa shape index (κ3) is 3.13. The molecule has 0 aliphatic rings. The zero-order chi connectivity index (χ0) is 18.4. The lowest BCUT2D eigenvalue weighted by molar-refractivity contribution is -0.358. The molecule has 0 aliphatic carbocycles. The first-order valence-electron chi connectivity index (χ1n) is 5.11. The Morgan fingerprint density at radius 1 is 0.609 bits per heavy atom. The van der Waals surface area contributed by atoms with E-state index in [1.807, 2.05) is 0 Å². The minimum absolute atomic E-state index is 2.42. The summed E-state index contributed by atoms with van der Waals surface area (Å²) in [6.07, 6.45) is -6.75. The van der Waals surface area contributed by atoms with E-state index in [0.29, 0.717) is 0 Å². The molecule has 13 heteroatoms. The Morgan fingerprint density at radius 2 is 0.957 bits per heavy atom. The first-order chi connectivity index (χ1) is 10.1. The monoisotopic (exact) mass is 366 g/mol. The molecule has 0 aromatic heterocycles. The molecule has 0 radical (unpaired) electrons. The van der Waals surface area contributed by atoms with Crippen LogP contribution in [0.15, 0.2) is 0 Å². The molecular weight excluding hydrogens is 364 g/mol. The third-order valence-electron chi connectivity index (χ3n) is 2.38. The number of ether oxygens (including phenoxy) is 1. The number of hydrogen-bond acceptors (Lipinski definition) is 1. The SMILES string of the molecule is Fc1c(F)c(F)c(OCC(F)(F)C(F)(F)C(F)(F)F)c(F)c1F. The lowest BCUT2D eigenvalue weighted by atomic mass is 10.2. The zero-order valence-electron chi connectivity index (χ0n) is 10.2. The van der Waals surface area contributed by atoms with Crippen LogP contribution in [0.25, 0.3) is 0 Å². The minimum Gasteiger partial charge on any atom is -0.481 e. The summed E-state index contributed by atoms with van der Waals surface area (Å²) in [5.41, 5.74) is 0. The minimum atomic E-state index is -6.75. The highest BCUT2D eigenvalue weighted by Gasteiger charge is 2.73. The van der Waals surface area contributed by atoms with E-state index in [4.69, 9.17) is 0 Å². The predicted molar refractivity (Wildman–Crippen MR) is 47.7 cm³/mol. The second kappa shape index (κ2) is 5.67. The summed E-state index contributed by atoms with van der Waals surface area (Å²) in [4.78, 5) is 0.